The second-order valence-corrected chi connectivity index (χ2v) is 13.2. The van der Waals surface area contributed by atoms with Gasteiger partial charge in [-0.3, -0.25) is 0 Å². The van der Waals surface area contributed by atoms with Crippen LogP contribution in [0, 0.1) is 39.4 Å². The Balaban J connectivity index is 1.65. The number of aliphatic hydroxyl groups excluding tert-OH is 4. The molecule has 4 rings (SSSR count). The van der Waals surface area contributed by atoms with Gasteiger partial charge in [0.25, 0.3) is 0 Å². The molecule has 0 spiro atoms. The predicted octanol–water partition coefficient (Wildman–Crippen LogP) is 5.17. The van der Waals surface area contributed by atoms with E-state index in [9.17, 15) is 20.4 Å². The third-order valence-corrected chi connectivity index (χ3v) is 11.5. The van der Waals surface area contributed by atoms with Crippen LogP contribution in [0.1, 0.15) is 86.5 Å². The molecule has 0 bridgehead atoms. The van der Waals surface area contributed by atoms with Gasteiger partial charge in [-0.15, -0.1) is 0 Å². The van der Waals surface area contributed by atoms with Gasteiger partial charge < -0.3 is 20.4 Å². The van der Waals surface area contributed by atoms with Crippen LogP contribution in [0.25, 0.3) is 0 Å². The summed E-state index contributed by atoms with van der Waals surface area (Å²) >= 11 is 0. The zero-order chi connectivity index (χ0) is 25.1. The van der Waals surface area contributed by atoms with Crippen LogP contribution in [0.5, 0.6) is 0 Å². The highest BCUT2D eigenvalue weighted by Crippen LogP contribution is 2.71. The predicted molar refractivity (Wildman–Crippen MR) is 137 cm³/mol. The summed E-state index contributed by atoms with van der Waals surface area (Å²) in [5.74, 6) is 1.28. The summed E-state index contributed by atoms with van der Waals surface area (Å²) in [5.41, 5.74) is 3.20. The van der Waals surface area contributed by atoms with E-state index >= 15 is 0 Å². The van der Waals surface area contributed by atoms with Crippen molar-refractivity contribution in [1.29, 1.82) is 0 Å². The summed E-state index contributed by atoms with van der Waals surface area (Å²) in [6.07, 6.45) is 12.8. The van der Waals surface area contributed by atoms with E-state index < -0.39 is 0 Å². The van der Waals surface area contributed by atoms with Crippen molar-refractivity contribution in [2.75, 3.05) is 13.2 Å². The highest BCUT2D eigenvalue weighted by atomic mass is 16.3. The molecule has 0 radical (unpaired) electrons. The fourth-order valence-electron chi connectivity index (χ4n) is 8.87. The molecule has 0 aromatic heterocycles. The van der Waals surface area contributed by atoms with Gasteiger partial charge >= 0.3 is 0 Å². The SMILES string of the molecule is C[C@H](CCC=C(CO)CO)[C@H]1C[C@H](O)[C@@]2(C)C3=CCC4C(C)(C)[C@@H](O)CC[C@]4(C)C3=CC[C@]12C. The smallest absolute Gasteiger partial charge is 0.0663 e. The summed E-state index contributed by atoms with van der Waals surface area (Å²) in [7, 11) is 0. The first kappa shape index (κ1) is 26.1. The average Bonchev–Trinajstić information content (AvgIpc) is 3.01. The van der Waals surface area contributed by atoms with Crippen LogP contribution in [0.3, 0.4) is 0 Å². The Bertz CT molecular complexity index is 878. The number of fused-ring (bicyclic) bond motifs is 5. The Morgan fingerprint density at radius 2 is 1.71 bits per heavy atom. The van der Waals surface area contributed by atoms with Crippen molar-refractivity contribution >= 4 is 0 Å². The van der Waals surface area contributed by atoms with Gasteiger partial charge in [0.05, 0.1) is 25.4 Å². The largest absolute Gasteiger partial charge is 0.393 e. The number of hydrogen-bond donors (Lipinski definition) is 4. The molecule has 4 aliphatic carbocycles. The standard InChI is InChI=1S/C30H48O4/c1-19(8-7-9-20(17-31)18-32)23-16-26(34)30(6)22-10-11-24-27(2,3)25(33)13-14-28(24,4)21(22)12-15-29(23,30)5/h9-10,12,19,23-26,31-34H,7-8,11,13-18H2,1-6H3/t19-,23-,24?,25+,26+,28-,29-,30-/m1/s1. The molecule has 0 amide bonds. The monoisotopic (exact) mass is 472 g/mol. The maximum Gasteiger partial charge on any atom is 0.0663 e. The molecule has 4 aliphatic rings. The zero-order valence-corrected chi connectivity index (χ0v) is 22.3. The normalized spacial score (nSPS) is 43.7. The molecule has 1 unspecified atom stereocenters. The fourth-order valence-corrected chi connectivity index (χ4v) is 8.87. The Morgan fingerprint density at radius 3 is 2.35 bits per heavy atom. The minimum Gasteiger partial charge on any atom is -0.393 e. The summed E-state index contributed by atoms with van der Waals surface area (Å²) < 4.78 is 0. The number of aliphatic hydroxyl groups is 4. The average molecular weight is 473 g/mol. The summed E-state index contributed by atoms with van der Waals surface area (Å²) in [6, 6.07) is 0. The van der Waals surface area contributed by atoms with E-state index in [-0.39, 0.29) is 47.1 Å². The lowest BCUT2D eigenvalue weighted by Gasteiger charge is -2.61. The lowest BCUT2D eigenvalue weighted by Crippen LogP contribution is -2.55. The van der Waals surface area contributed by atoms with E-state index in [2.05, 4.69) is 53.7 Å². The van der Waals surface area contributed by atoms with Gasteiger partial charge in [-0.25, -0.2) is 0 Å². The van der Waals surface area contributed by atoms with Gasteiger partial charge in [0, 0.05) is 5.41 Å². The van der Waals surface area contributed by atoms with E-state index in [1.807, 2.05) is 6.08 Å². The van der Waals surface area contributed by atoms with Gasteiger partial charge in [0.2, 0.25) is 0 Å². The first-order valence-corrected chi connectivity index (χ1v) is 13.5. The summed E-state index contributed by atoms with van der Waals surface area (Å²) in [5, 5.41) is 41.1. The molecule has 4 N–H and O–H groups in total. The maximum atomic E-state index is 11.6. The fraction of sp³-hybridized carbons (Fsp3) is 0.800. The molecule has 2 saturated carbocycles. The number of hydrogen-bond acceptors (Lipinski definition) is 4. The molecule has 8 atom stereocenters. The van der Waals surface area contributed by atoms with Crippen molar-refractivity contribution in [2.24, 2.45) is 39.4 Å². The van der Waals surface area contributed by atoms with Crippen molar-refractivity contribution in [3.8, 4) is 0 Å². The van der Waals surface area contributed by atoms with Crippen molar-refractivity contribution in [3.63, 3.8) is 0 Å². The first-order chi connectivity index (χ1) is 15.9. The highest BCUT2D eigenvalue weighted by Gasteiger charge is 2.66. The van der Waals surface area contributed by atoms with Gasteiger partial charge in [0.1, 0.15) is 0 Å². The van der Waals surface area contributed by atoms with Crippen LogP contribution in [0.15, 0.2) is 34.9 Å². The van der Waals surface area contributed by atoms with E-state index in [0.717, 1.165) is 44.9 Å². The van der Waals surface area contributed by atoms with Gasteiger partial charge in [-0.05, 0) is 95.7 Å². The quantitative estimate of drug-likeness (QED) is 0.402. The molecule has 0 aliphatic heterocycles. The summed E-state index contributed by atoms with van der Waals surface area (Å²) in [4.78, 5) is 0. The minimum absolute atomic E-state index is 0.00539. The second kappa shape index (κ2) is 8.87. The Morgan fingerprint density at radius 1 is 1.03 bits per heavy atom. The minimum atomic E-state index is -0.358. The molecule has 0 aromatic carbocycles. The van der Waals surface area contributed by atoms with Crippen LogP contribution in [0.4, 0.5) is 0 Å². The van der Waals surface area contributed by atoms with Crippen molar-refractivity contribution in [3.05, 3.63) is 34.9 Å². The lowest BCUT2D eigenvalue weighted by molar-refractivity contribution is -0.0872. The molecule has 0 heterocycles. The molecule has 0 saturated heterocycles. The number of allylic oxidation sites excluding steroid dienone is 4. The molecular weight excluding hydrogens is 424 g/mol. The van der Waals surface area contributed by atoms with Crippen molar-refractivity contribution in [2.45, 2.75) is 98.7 Å². The topological polar surface area (TPSA) is 80.9 Å². The molecule has 34 heavy (non-hydrogen) atoms. The van der Waals surface area contributed by atoms with Crippen LogP contribution in [-0.2, 0) is 0 Å². The molecule has 192 valence electrons. The van der Waals surface area contributed by atoms with E-state index in [1.165, 1.54) is 11.1 Å². The Labute approximate surface area is 206 Å². The third-order valence-electron chi connectivity index (χ3n) is 11.5. The molecule has 4 nitrogen and oxygen atoms in total. The van der Waals surface area contributed by atoms with E-state index in [4.69, 9.17) is 0 Å². The van der Waals surface area contributed by atoms with Crippen LogP contribution >= 0.6 is 0 Å². The summed E-state index contributed by atoms with van der Waals surface area (Å²) in [6.45, 7) is 13.8. The van der Waals surface area contributed by atoms with E-state index in [0.29, 0.717) is 23.3 Å². The molecule has 2 fully saturated rings. The van der Waals surface area contributed by atoms with Crippen LogP contribution in [0.2, 0.25) is 0 Å². The lowest BCUT2D eigenvalue weighted by atomic mass is 9.44. The van der Waals surface area contributed by atoms with E-state index in [1.54, 1.807) is 0 Å². The molecule has 0 aromatic rings. The second-order valence-electron chi connectivity index (χ2n) is 13.2. The maximum absolute atomic E-state index is 11.6. The van der Waals surface area contributed by atoms with Crippen molar-refractivity contribution in [1.82, 2.24) is 0 Å². The van der Waals surface area contributed by atoms with Gasteiger partial charge in [0.15, 0.2) is 0 Å². The first-order valence-electron chi connectivity index (χ1n) is 13.5. The molecule has 4 heteroatoms. The Kier molecular flexibility index (Phi) is 6.82. The van der Waals surface area contributed by atoms with Crippen LogP contribution in [-0.4, -0.2) is 45.8 Å². The number of rotatable bonds is 6. The van der Waals surface area contributed by atoms with Crippen LogP contribution < -0.4 is 0 Å². The highest BCUT2D eigenvalue weighted by molar-refractivity contribution is 5.50. The van der Waals surface area contributed by atoms with Gasteiger partial charge in [-0.1, -0.05) is 59.8 Å². The third kappa shape index (κ3) is 3.54. The van der Waals surface area contributed by atoms with Gasteiger partial charge in [-0.2, -0.15) is 0 Å². The molecular formula is C30H48O4. The Hall–Kier alpha value is -0.940. The van der Waals surface area contributed by atoms with Crippen molar-refractivity contribution < 1.29 is 20.4 Å². The zero-order valence-electron chi connectivity index (χ0n) is 22.3.